The largest absolute Gasteiger partial charge is 0.339 e. The fraction of sp³-hybridized carbons (Fsp3) is 0.320. The molecule has 0 atom stereocenters. The molecule has 3 amide bonds. The van der Waals surface area contributed by atoms with Gasteiger partial charge in [0, 0.05) is 51.7 Å². The molecule has 1 aliphatic heterocycles. The lowest BCUT2D eigenvalue weighted by atomic mass is 10.1. The minimum Gasteiger partial charge on any atom is -0.339 e. The highest BCUT2D eigenvalue weighted by atomic mass is 16.2. The first-order chi connectivity index (χ1) is 15.6. The van der Waals surface area contributed by atoms with Crippen LogP contribution in [-0.2, 0) is 24.3 Å². The minimum atomic E-state index is -0.0874. The minimum absolute atomic E-state index is 0.0874. The van der Waals surface area contributed by atoms with Gasteiger partial charge >= 0.3 is 6.03 Å². The molecule has 7 nitrogen and oxygen atoms in total. The first kappa shape index (κ1) is 21.6. The monoisotopic (exact) mass is 431 g/mol. The van der Waals surface area contributed by atoms with E-state index < -0.39 is 0 Å². The molecule has 1 saturated heterocycles. The first-order valence-corrected chi connectivity index (χ1v) is 11.0. The topological polar surface area (TPSA) is 70.5 Å². The van der Waals surface area contributed by atoms with Crippen LogP contribution in [0.25, 0.3) is 0 Å². The van der Waals surface area contributed by atoms with E-state index in [-0.39, 0.29) is 11.9 Å². The molecule has 3 aromatic rings. The number of carbonyl (C=O) groups is 2. The summed E-state index contributed by atoms with van der Waals surface area (Å²) in [6.07, 6.45) is 5.89. The van der Waals surface area contributed by atoms with E-state index in [9.17, 15) is 9.59 Å². The molecule has 0 unspecified atom stereocenters. The fourth-order valence-electron chi connectivity index (χ4n) is 3.87. The van der Waals surface area contributed by atoms with Gasteiger partial charge in [-0.25, -0.2) is 9.78 Å². The van der Waals surface area contributed by atoms with Crippen LogP contribution in [0.5, 0.6) is 0 Å². The number of hydrogen-bond acceptors (Lipinski definition) is 3. The van der Waals surface area contributed by atoms with Gasteiger partial charge in [0.1, 0.15) is 0 Å². The molecule has 2 heterocycles. The van der Waals surface area contributed by atoms with E-state index in [0.717, 1.165) is 23.2 Å². The van der Waals surface area contributed by atoms with Gasteiger partial charge in [-0.1, -0.05) is 54.1 Å². The van der Waals surface area contributed by atoms with Gasteiger partial charge in [-0.05, 0) is 23.6 Å². The van der Waals surface area contributed by atoms with Crippen molar-refractivity contribution in [3.63, 3.8) is 0 Å². The molecule has 1 fully saturated rings. The molecule has 0 bridgehead atoms. The van der Waals surface area contributed by atoms with Crippen LogP contribution in [0, 0.1) is 6.92 Å². The average Bonchev–Trinajstić information content (AvgIpc) is 3.32. The number of amides is 3. The van der Waals surface area contributed by atoms with Crippen LogP contribution >= 0.6 is 0 Å². The van der Waals surface area contributed by atoms with Gasteiger partial charge in [0.25, 0.3) is 0 Å². The molecule has 1 N–H and O–H groups in total. The zero-order chi connectivity index (χ0) is 22.3. The van der Waals surface area contributed by atoms with Crippen LogP contribution in [0.3, 0.4) is 0 Å². The third-order valence-electron chi connectivity index (χ3n) is 5.76. The summed E-state index contributed by atoms with van der Waals surface area (Å²) in [5, 5.41) is 3.01. The Balaban J connectivity index is 1.22. The van der Waals surface area contributed by atoms with Crippen LogP contribution in [-0.4, -0.2) is 57.5 Å². The lowest BCUT2D eigenvalue weighted by Crippen LogP contribution is -2.53. The summed E-state index contributed by atoms with van der Waals surface area (Å²) >= 11 is 0. The summed E-state index contributed by atoms with van der Waals surface area (Å²) in [5.41, 5.74) is 4.43. The Morgan fingerprint density at radius 3 is 2.38 bits per heavy atom. The van der Waals surface area contributed by atoms with E-state index >= 15 is 0 Å². The maximum atomic E-state index is 12.6. The molecule has 1 aromatic heterocycles. The number of nitrogens with zero attached hydrogens (tertiary/aromatic N) is 4. The third kappa shape index (κ3) is 5.75. The summed E-state index contributed by atoms with van der Waals surface area (Å²) in [7, 11) is 0. The van der Waals surface area contributed by atoms with E-state index in [4.69, 9.17) is 0 Å². The molecule has 4 rings (SSSR count). The second-order valence-electron chi connectivity index (χ2n) is 8.24. The number of imidazole rings is 1. The van der Waals surface area contributed by atoms with Gasteiger partial charge in [0.2, 0.25) is 5.91 Å². The molecule has 0 spiro atoms. The van der Waals surface area contributed by atoms with E-state index in [1.165, 1.54) is 5.56 Å². The predicted molar refractivity (Wildman–Crippen MR) is 123 cm³/mol. The van der Waals surface area contributed by atoms with E-state index in [0.29, 0.717) is 39.1 Å². The predicted octanol–water partition coefficient (Wildman–Crippen LogP) is 2.84. The number of aromatic nitrogens is 2. The number of nitrogens with one attached hydrogen (secondary N) is 1. The average molecular weight is 432 g/mol. The number of aryl methyl sites for hydroxylation is 1. The molecule has 1 aliphatic rings. The van der Waals surface area contributed by atoms with Gasteiger partial charge < -0.3 is 19.7 Å². The maximum Gasteiger partial charge on any atom is 0.317 e. The van der Waals surface area contributed by atoms with Crippen molar-refractivity contribution in [2.75, 3.05) is 26.2 Å². The first-order valence-electron chi connectivity index (χ1n) is 11.0. The third-order valence-corrected chi connectivity index (χ3v) is 5.76. The summed E-state index contributed by atoms with van der Waals surface area (Å²) in [6, 6.07) is 16.2. The highest BCUT2D eigenvalue weighted by Gasteiger charge is 2.24. The number of piperazine rings is 1. The standard InChI is InChI=1S/C25H29N5O2/c1-20-5-7-21(8-6-20)16-24(31)29-11-13-30(14-12-29)25(32)27-17-22-3-2-4-23(15-22)18-28-10-9-26-19-28/h2-10,15,19H,11-14,16-18H2,1H3,(H,27,32). The zero-order valence-corrected chi connectivity index (χ0v) is 18.4. The van der Waals surface area contributed by atoms with Crippen LogP contribution in [0.2, 0.25) is 0 Å². The van der Waals surface area contributed by atoms with Gasteiger partial charge in [0.05, 0.1) is 12.7 Å². The molecule has 166 valence electrons. The van der Waals surface area contributed by atoms with Crippen LogP contribution in [0.4, 0.5) is 4.79 Å². The fourth-order valence-corrected chi connectivity index (χ4v) is 3.87. The quantitative estimate of drug-likeness (QED) is 0.653. The van der Waals surface area contributed by atoms with Crippen molar-refractivity contribution in [3.05, 3.63) is 89.5 Å². The van der Waals surface area contributed by atoms with Gasteiger partial charge in [-0.2, -0.15) is 0 Å². The van der Waals surface area contributed by atoms with E-state index in [1.807, 2.05) is 59.0 Å². The number of urea groups is 1. The van der Waals surface area contributed by atoms with Crippen molar-refractivity contribution in [3.8, 4) is 0 Å². The van der Waals surface area contributed by atoms with Gasteiger partial charge in [0.15, 0.2) is 0 Å². The van der Waals surface area contributed by atoms with Crippen LogP contribution in [0.1, 0.15) is 22.3 Å². The Morgan fingerprint density at radius 1 is 0.938 bits per heavy atom. The Labute approximate surface area is 188 Å². The molecule has 2 aromatic carbocycles. The Kier molecular flexibility index (Phi) is 6.84. The number of benzene rings is 2. The Bertz CT molecular complexity index is 1040. The Morgan fingerprint density at radius 2 is 1.66 bits per heavy atom. The summed E-state index contributed by atoms with van der Waals surface area (Å²) in [4.78, 5) is 32.9. The van der Waals surface area contributed by atoms with E-state index in [1.54, 1.807) is 17.4 Å². The smallest absolute Gasteiger partial charge is 0.317 e. The van der Waals surface area contributed by atoms with Crippen molar-refractivity contribution in [2.45, 2.75) is 26.4 Å². The number of rotatable bonds is 6. The summed E-state index contributed by atoms with van der Waals surface area (Å²) in [6.45, 7) is 5.49. The molecule has 0 saturated carbocycles. The normalized spacial score (nSPS) is 13.8. The number of carbonyl (C=O) groups excluding carboxylic acids is 2. The lowest BCUT2D eigenvalue weighted by molar-refractivity contribution is -0.131. The highest BCUT2D eigenvalue weighted by molar-refractivity contribution is 5.79. The second kappa shape index (κ2) is 10.1. The van der Waals surface area contributed by atoms with Crippen molar-refractivity contribution >= 4 is 11.9 Å². The highest BCUT2D eigenvalue weighted by Crippen LogP contribution is 2.10. The molecular weight excluding hydrogens is 402 g/mol. The van der Waals surface area contributed by atoms with Gasteiger partial charge in [-0.3, -0.25) is 4.79 Å². The molecule has 32 heavy (non-hydrogen) atoms. The van der Waals surface area contributed by atoms with Crippen molar-refractivity contribution < 1.29 is 9.59 Å². The van der Waals surface area contributed by atoms with Crippen LogP contribution < -0.4 is 5.32 Å². The number of hydrogen-bond donors (Lipinski definition) is 1. The molecule has 0 radical (unpaired) electrons. The molecule has 7 heteroatoms. The summed E-state index contributed by atoms with van der Waals surface area (Å²) < 4.78 is 2.01. The van der Waals surface area contributed by atoms with Crippen molar-refractivity contribution in [2.24, 2.45) is 0 Å². The van der Waals surface area contributed by atoms with E-state index in [2.05, 4.69) is 22.4 Å². The Hall–Kier alpha value is -3.61. The zero-order valence-electron chi connectivity index (χ0n) is 18.4. The molecule has 0 aliphatic carbocycles. The maximum absolute atomic E-state index is 12.6. The molecular formula is C25H29N5O2. The van der Waals surface area contributed by atoms with Gasteiger partial charge in [-0.15, -0.1) is 0 Å². The SMILES string of the molecule is Cc1ccc(CC(=O)N2CCN(C(=O)NCc3cccc(Cn4ccnc4)c3)CC2)cc1. The van der Waals surface area contributed by atoms with Crippen molar-refractivity contribution in [1.82, 2.24) is 24.7 Å². The second-order valence-corrected chi connectivity index (χ2v) is 8.24. The van der Waals surface area contributed by atoms with Crippen LogP contribution in [0.15, 0.2) is 67.3 Å². The summed E-state index contributed by atoms with van der Waals surface area (Å²) in [5.74, 6) is 0.114. The van der Waals surface area contributed by atoms with Crippen molar-refractivity contribution in [1.29, 1.82) is 0 Å². The lowest BCUT2D eigenvalue weighted by Gasteiger charge is -2.34.